The second-order valence-electron chi connectivity index (χ2n) is 7.40. The van der Waals surface area contributed by atoms with Gasteiger partial charge in [0.05, 0.1) is 16.3 Å². The highest BCUT2D eigenvalue weighted by Gasteiger charge is 2.38. The number of carbonyl (C=O) groups is 3. The number of hydrogen-bond donors (Lipinski definition) is 4. The van der Waals surface area contributed by atoms with E-state index in [0.717, 1.165) is 12.1 Å². The van der Waals surface area contributed by atoms with Gasteiger partial charge in [-0.3, -0.25) is 9.20 Å². The lowest BCUT2D eigenvalue weighted by Crippen LogP contribution is -2.30. The Kier molecular flexibility index (Phi) is 10.2. The molecule has 0 atom stereocenters. The number of benzene rings is 1. The third-order valence-electron chi connectivity index (χ3n) is 4.63. The van der Waals surface area contributed by atoms with E-state index in [-0.39, 0.29) is 40.8 Å². The van der Waals surface area contributed by atoms with E-state index in [1.807, 2.05) is 0 Å². The van der Waals surface area contributed by atoms with E-state index in [2.05, 4.69) is 15.6 Å². The number of aliphatic carboxylic acids is 1. The maximum atomic E-state index is 13.9. The van der Waals surface area contributed by atoms with E-state index in [4.69, 9.17) is 31.3 Å². The second-order valence-corrected chi connectivity index (χ2v) is 7.83. The quantitative estimate of drug-likeness (QED) is 0.237. The van der Waals surface area contributed by atoms with Gasteiger partial charge in [0.2, 0.25) is 0 Å². The van der Waals surface area contributed by atoms with Crippen molar-refractivity contribution in [3.63, 3.8) is 0 Å². The molecule has 3 rings (SSSR count). The molecular formula is C22H20ClF5N4O6. The number of alkyl halides is 3. The Hall–Kier alpha value is -4.14. The molecule has 0 saturated carbocycles. The Morgan fingerprint density at radius 2 is 1.68 bits per heavy atom. The van der Waals surface area contributed by atoms with Gasteiger partial charge < -0.3 is 25.6 Å². The second kappa shape index (κ2) is 12.9. The van der Waals surface area contributed by atoms with Gasteiger partial charge in [-0.1, -0.05) is 17.7 Å². The zero-order valence-corrected chi connectivity index (χ0v) is 20.2. The summed E-state index contributed by atoms with van der Waals surface area (Å²) in [7, 11) is 0. The van der Waals surface area contributed by atoms with Gasteiger partial charge in [0.15, 0.2) is 11.4 Å². The number of carboxylic acids is 1. The third kappa shape index (κ3) is 8.19. The monoisotopic (exact) mass is 566 g/mol. The lowest BCUT2D eigenvalue weighted by Gasteiger charge is -2.11. The van der Waals surface area contributed by atoms with E-state index < -0.39 is 42.4 Å². The minimum absolute atomic E-state index is 0.156. The molecule has 2 heterocycles. The number of imidazole rings is 1. The summed E-state index contributed by atoms with van der Waals surface area (Å²) in [6.45, 7) is 1.67. The van der Waals surface area contributed by atoms with Gasteiger partial charge in [0, 0.05) is 25.4 Å². The molecule has 0 spiro atoms. The fourth-order valence-electron chi connectivity index (χ4n) is 2.97. The number of nitrogens with one attached hydrogen (secondary N) is 2. The smallest absolute Gasteiger partial charge is 0.485 e. The predicted octanol–water partition coefficient (Wildman–Crippen LogP) is 4.17. The molecule has 38 heavy (non-hydrogen) atoms. The van der Waals surface area contributed by atoms with Crippen LogP contribution in [0, 0.1) is 18.6 Å². The van der Waals surface area contributed by atoms with E-state index in [1.165, 1.54) is 22.7 Å². The Bertz CT molecular complexity index is 1310. The number of halogens is 6. The highest BCUT2D eigenvalue weighted by Crippen LogP contribution is 2.28. The van der Waals surface area contributed by atoms with E-state index in [9.17, 15) is 31.5 Å². The van der Waals surface area contributed by atoms with Crippen molar-refractivity contribution in [3.8, 4) is 5.75 Å². The number of aromatic nitrogens is 2. The highest BCUT2D eigenvalue weighted by molar-refractivity contribution is 6.30. The molecule has 0 aliphatic rings. The molecule has 1 aromatic carbocycles. The van der Waals surface area contributed by atoms with Crippen LogP contribution in [0.2, 0.25) is 5.02 Å². The number of fused-ring (bicyclic) bond motifs is 1. The molecule has 0 unspecified atom stereocenters. The van der Waals surface area contributed by atoms with Crippen molar-refractivity contribution in [2.75, 3.05) is 13.1 Å². The largest absolute Gasteiger partial charge is 0.490 e. The van der Waals surface area contributed by atoms with E-state index in [0.29, 0.717) is 12.1 Å². The van der Waals surface area contributed by atoms with Crippen molar-refractivity contribution in [3.05, 3.63) is 64.1 Å². The minimum atomic E-state index is -5.08. The molecule has 0 aliphatic heterocycles. The van der Waals surface area contributed by atoms with Crippen molar-refractivity contribution in [1.82, 2.24) is 20.0 Å². The molecule has 10 nitrogen and oxygen atoms in total. The molecule has 3 aromatic rings. The van der Waals surface area contributed by atoms with Gasteiger partial charge in [0.1, 0.15) is 23.9 Å². The number of pyridine rings is 1. The Morgan fingerprint density at radius 1 is 1.11 bits per heavy atom. The van der Waals surface area contributed by atoms with Crippen LogP contribution >= 0.6 is 11.6 Å². The molecule has 0 fully saturated rings. The van der Waals surface area contributed by atoms with Gasteiger partial charge in [-0.05, 0) is 25.5 Å². The zero-order valence-electron chi connectivity index (χ0n) is 19.4. The molecule has 4 N–H and O–H groups in total. The molecule has 2 aromatic heterocycles. The number of hydrogen-bond acceptors (Lipinski definition) is 5. The Morgan fingerprint density at radius 3 is 2.24 bits per heavy atom. The van der Waals surface area contributed by atoms with E-state index in [1.54, 1.807) is 6.92 Å². The summed E-state index contributed by atoms with van der Waals surface area (Å²) in [5.41, 5.74) is 0.629. The first kappa shape index (κ1) is 30.1. The van der Waals surface area contributed by atoms with Crippen molar-refractivity contribution >= 4 is 35.2 Å². The zero-order chi connectivity index (χ0) is 28.6. The molecule has 16 heteroatoms. The van der Waals surface area contributed by atoms with Crippen LogP contribution in [0.3, 0.4) is 0 Å². The summed E-state index contributed by atoms with van der Waals surface area (Å²) >= 11 is 6.16. The summed E-state index contributed by atoms with van der Waals surface area (Å²) in [6, 6.07) is 4.96. The summed E-state index contributed by atoms with van der Waals surface area (Å²) in [5.74, 6) is -4.52. The third-order valence-corrected chi connectivity index (χ3v) is 4.84. The summed E-state index contributed by atoms with van der Waals surface area (Å²) in [5, 5.41) is 20.8. The molecule has 206 valence electrons. The fourth-order valence-corrected chi connectivity index (χ4v) is 3.16. The Balaban J connectivity index is 0.000000638. The number of ether oxygens (including phenoxy) is 1. The minimum Gasteiger partial charge on any atom is -0.485 e. The number of carboxylic acid groups (broad SMARTS) is 2. The summed E-state index contributed by atoms with van der Waals surface area (Å²) in [4.78, 5) is 36.3. The normalized spacial score (nSPS) is 10.9. The lowest BCUT2D eigenvalue weighted by atomic mass is 10.2. The number of rotatable bonds is 8. The number of aryl methyl sites for hydroxylation is 1. The van der Waals surface area contributed by atoms with Crippen molar-refractivity contribution < 1.29 is 51.3 Å². The molecule has 0 radical (unpaired) electrons. The van der Waals surface area contributed by atoms with Gasteiger partial charge >= 0.3 is 18.2 Å². The molecule has 0 bridgehead atoms. The van der Waals surface area contributed by atoms with Gasteiger partial charge in [-0.15, -0.1) is 0 Å². The first-order valence-corrected chi connectivity index (χ1v) is 10.9. The van der Waals surface area contributed by atoms with Crippen molar-refractivity contribution in [1.29, 1.82) is 0 Å². The number of carbonyl (C=O) groups excluding carboxylic acids is 1. The highest BCUT2D eigenvalue weighted by atomic mass is 35.5. The first-order chi connectivity index (χ1) is 17.7. The average molecular weight is 567 g/mol. The first-order valence-electron chi connectivity index (χ1n) is 10.5. The van der Waals surface area contributed by atoms with Gasteiger partial charge in [-0.2, -0.15) is 13.2 Å². The fraction of sp³-hybridized carbons (Fsp3) is 0.273. The summed E-state index contributed by atoms with van der Waals surface area (Å²) < 4.78 is 66.5. The van der Waals surface area contributed by atoms with Crippen LogP contribution in [0.5, 0.6) is 5.75 Å². The van der Waals surface area contributed by atoms with Crippen molar-refractivity contribution in [2.24, 2.45) is 0 Å². The molecule has 0 saturated heterocycles. The number of nitrogens with zero attached hydrogens (tertiary/aromatic N) is 2. The van der Waals surface area contributed by atoms with Crippen LogP contribution in [0.4, 0.5) is 26.7 Å². The van der Waals surface area contributed by atoms with Crippen LogP contribution in [0.1, 0.15) is 28.2 Å². The predicted molar refractivity (Wildman–Crippen MR) is 122 cm³/mol. The molecule has 2 amide bonds. The molecule has 0 aliphatic carbocycles. The SMILES string of the molecule is Cc1nc2c(OCc3c(F)cccc3F)cc(Cl)cn2c1C(=O)NCCCNC(=O)O.O=C(O)C(F)(F)F. The average Bonchev–Trinajstić information content (AvgIpc) is 3.13. The summed E-state index contributed by atoms with van der Waals surface area (Å²) in [6.07, 6.45) is -4.34. The lowest BCUT2D eigenvalue weighted by molar-refractivity contribution is -0.192. The topological polar surface area (TPSA) is 142 Å². The number of amides is 2. The molecular weight excluding hydrogens is 547 g/mol. The van der Waals surface area contributed by atoms with Crippen LogP contribution in [0.25, 0.3) is 5.65 Å². The van der Waals surface area contributed by atoms with Crippen LogP contribution in [-0.2, 0) is 11.4 Å². The maximum absolute atomic E-state index is 13.9. The van der Waals surface area contributed by atoms with Crippen molar-refractivity contribution in [2.45, 2.75) is 26.1 Å². The standard InChI is InChI=1S/C20H19ClF2N4O4.C2HF3O2/c1-11-17(19(28)24-6-3-7-25-20(29)30)27-9-12(21)8-16(18(27)26-11)31-10-13-14(22)4-2-5-15(13)23;3-2(4,5)1(6)7/h2,4-5,8-9,25H,3,6-7,10H2,1H3,(H,24,28)(H,29,30);(H,6,7). The van der Waals surface area contributed by atoms with Gasteiger partial charge in [0.25, 0.3) is 5.91 Å². The maximum Gasteiger partial charge on any atom is 0.490 e. The Labute approximate surface area is 216 Å². The van der Waals surface area contributed by atoms with Crippen LogP contribution < -0.4 is 15.4 Å². The van der Waals surface area contributed by atoms with Gasteiger partial charge in [-0.25, -0.2) is 23.4 Å². The van der Waals surface area contributed by atoms with Crippen LogP contribution in [-0.4, -0.2) is 56.8 Å². The van der Waals surface area contributed by atoms with E-state index >= 15 is 0 Å². The van der Waals surface area contributed by atoms with Crippen LogP contribution in [0.15, 0.2) is 30.5 Å².